The number of carbonyl (C=O) groups excluding carboxylic acids is 1. The number of amides is 1. The summed E-state index contributed by atoms with van der Waals surface area (Å²) in [6.45, 7) is 2.25. The van der Waals surface area contributed by atoms with Gasteiger partial charge in [-0.3, -0.25) is 4.79 Å². The maximum absolute atomic E-state index is 12.2. The van der Waals surface area contributed by atoms with Crippen LogP contribution < -0.4 is 24.2 Å². The van der Waals surface area contributed by atoms with Crippen molar-refractivity contribution in [3.05, 3.63) is 48.0 Å². The summed E-state index contributed by atoms with van der Waals surface area (Å²) in [4.78, 5) is 12.4. The van der Waals surface area contributed by atoms with Gasteiger partial charge in [0.1, 0.15) is 0 Å². The average molecular weight is 435 g/mol. The Bertz CT molecular complexity index is 976. The van der Waals surface area contributed by atoms with Gasteiger partial charge in [-0.15, -0.1) is 0 Å². The summed E-state index contributed by atoms with van der Waals surface area (Å²) >= 11 is 0. The van der Waals surface area contributed by atoms with E-state index in [1.165, 1.54) is 51.7 Å². The third kappa shape index (κ3) is 5.98. The van der Waals surface area contributed by atoms with E-state index in [1.807, 2.05) is 6.92 Å². The molecule has 162 valence electrons. The molecule has 0 saturated heterocycles. The second-order valence-corrected chi connectivity index (χ2v) is 7.97. The molecule has 30 heavy (non-hydrogen) atoms. The zero-order valence-corrected chi connectivity index (χ0v) is 18.2. The molecule has 0 bridgehead atoms. The Labute approximate surface area is 176 Å². The minimum atomic E-state index is -3.54. The van der Waals surface area contributed by atoms with Crippen molar-refractivity contribution in [1.82, 2.24) is 4.72 Å². The van der Waals surface area contributed by atoms with E-state index in [1.54, 1.807) is 18.2 Å². The molecule has 8 nitrogen and oxygen atoms in total. The Hall–Kier alpha value is -3.04. The van der Waals surface area contributed by atoms with Crippen LogP contribution in [0.25, 0.3) is 6.08 Å². The highest BCUT2D eigenvalue weighted by Gasteiger charge is 2.13. The quantitative estimate of drug-likeness (QED) is 0.557. The fourth-order valence-corrected chi connectivity index (χ4v) is 3.72. The second kappa shape index (κ2) is 10.7. The molecule has 0 fully saturated rings. The molecule has 0 atom stereocenters. The number of nitrogens with one attached hydrogen (secondary N) is 2. The van der Waals surface area contributed by atoms with E-state index in [2.05, 4.69) is 10.0 Å². The van der Waals surface area contributed by atoms with Crippen molar-refractivity contribution in [3.8, 4) is 17.2 Å². The largest absolute Gasteiger partial charge is 0.493 e. The second-order valence-electron chi connectivity index (χ2n) is 6.20. The standard InChI is InChI=1S/C21H26N2O6S/c1-5-12-22-30(25,26)17-9-7-16(8-10-17)23-20(24)11-6-15-13-18(27-2)21(29-4)19(14-15)28-3/h6-11,13-14,22H,5,12H2,1-4H3,(H,23,24)/b11-6+. The topological polar surface area (TPSA) is 103 Å². The van der Waals surface area contributed by atoms with Gasteiger partial charge in [-0.05, 0) is 54.5 Å². The minimum Gasteiger partial charge on any atom is -0.493 e. The van der Waals surface area contributed by atoms with E-state index in [9.17, 15) is 13.2 Å². The zero-order valence-electron chi connectivity index (χ0n) is 17.4. The lowest BCUT2D eigenvalue weighted by molar-refractivity contribution is -0.111. The summed E-state index contributed by atoms with van der Waals surface area (Å²) in [6.07, 6.45) is 3.66. The molecule has 2 aromatic rings. The van der Waals surface area contributed by atoms with Crippen molar-refractivity contribution in [2.75, 3.05) is 33.2 Å². The molecule has 2 N–H and O–H groups in total. The van der Waals surface area contributed by atoms with E-state index in [4.69, 9.17) is 14.2 Å². The maximum Gasteiger partial charge on any atom is 0.248 e. The highest BCUT2D eigenvalue weighted by molar-refractivity contribution is 7.89. The van der Waals surface area contributed by atoms with Gasteiger partial charge >= 0.3 is 0 Å². The van der Waals surface area contributed by atoms with Gasteiger partial charge in [0.15, 0.2) is 11.5 Å². The van der Waals surface area contributed by atoms with Gasteiger partial charge < -0.3 is 19.5 Å². The van der Waals surface area contributed by atoms with Gasteiger partial charge in [0.25, 0.3) is 0 Å². The highest BCUT2D eigenvalue weighted by Crippen LogP contribution is 2.38. The van der Waals surface area contributed by atoms with Crippen LogP contribution in [0.4, 0.5) is 5.69 Å². The molecule has 0 heterocycles. The normalized spacial score (nSPS) is 11.3. The van der Waals surface area contributed by atoms with Crippen LogP contribution in [0, 0.1) is 0 Å². The SMILES string of the molecule is CCCNS(=O)(=O)c1ccc(NC(=O)/C=C/c2cc(OC)c(OC)c(OC)c2)cc1. The van der Waals surface area contributed by atoms with Crippen molar-refractivity contribution < 1.29 is 27.4 Å². The third-order valence-electron chi connectivity index (χ3n) is 4.09. The molecule has 0 aliphatic carbocycles. The van der Waals surface area contributed by atoms with Crippen molar-refractivity contribution in [2.24, 2.45) is 0 Å². The lowest BCUT2D eigenvalue weighted by Crippen LogP contribution is -2.24. The highest BCUT2D eigenvalue weighted by atomic mass is 32.2. The van der Waals surface area contributed by atoms with E-state index in [0.29, 0.717) is 41.5 Å². The number of benzene rings is 2. The van der Waals surface area contributed by atoms with E-state index >= 15 is 0 Å². The molecule has 0 aliphatic heterocycles. The molecule has 0 aromatic heterocycles. The predicted molar refractivity (Wildman–Crippen MR) is 116 cm³/mol. The maximum atomic E-state index is 12.2. The van der Waals surface area contributed by atoms with Crippen LogP contribution in [-0.4, -0.2) is 42.2 Å². The number of anilines is 1. The molecule has 1 amide bonds. The van der Waals surface area contributed by atoms with Crippen LogP contribution in [0.2, 0.25) is 0 Å². The van der Waals surface area contributed by atoms with Crippen LogP contribution >= 0.6 is 0 Å². The van der Waals surface area contributed by atoms with Gasteiger partial charge in [0, 0.05) is 18.3 Å². The summed E-state index contributed by atoms with van der Waals surface area (Å²) < 4.78 is 42.5. The number of sulfonamides is 1. The van der Waals surface area contributed by atoms with Gasteiger partial charge in [-0.25, -0.2) is 13.1 Å². The van der Waals surface area contributed by atoms with Crippen LogP contribution in [0.3, 0.4) is 0 Å². The van der Waals surface area contributed by atoms with Crippen molar-refractivity contribution >= 4 is 27.7 Å². The minimum absolute atomic E-state index is 0.141. The first kappa shape index (κ1) is 23.2. The summed E-state index contributed by atoms with van der Waals surface area (Å²) in [5.74, 6) is 1.05. The Kier molecular flexibility index (Phi) is 8.25. The molecule has 2 aromatic carbocycles. The Morgan fingerprint density at radius 2 is 1.60 bits per heavy atom. The van der Waals surface area contributed by atoms with E-state index < -0.39 is 10.0 Å². The van der Waals surface area contributed by atoms with E-state index in [0.717, 1.165) is 0 Å². The molecule has 9 heteroatoms. The molecule has 2 rings (SSSR count). The summed E-state index contributed by atoms with van der Waals surface area (Å²) in [5.41, 5.74) is 1.16. The lowest BCUT2D eigenvalue weighted by Gasteiger charge is -2.12. The van der Waals surface area contributed by atoms with Gasteiger partial charge in [0.05, 0.1) is 26.2 Å². The van der Waals surface area contributed by atoms with Crippen LogP contribution in [0.15, 0.2) is 47.4 Å². The van der Waals surface area contributed by atoms with Gasteiger partial charge in [-0.1, -0.05) is 6.92 Å². The van der Waals surface area contributed by atoms with Crippen molar-refractivity contribution in [2.45, 2.75) is 18.2 Å². The Morgan fingerprint density at radius 1 is 1.00 bits per heavy atom. The number of ether oxygens (including phenoxy) is 3. The number of methoxy groups -OCH3 is 3. The molecular formula is C21H26N2O6S. The summed E-state index contributed by atoms with van der Waals surface area (Å²) in [5, 5.41) is 2.69. The number of hydrogen-bond donors (Lipinski definition) is 2. The number of carbonyl (C=O) groups is 1. The average Bonchev–Trinajstić information content (AvgIpc) is 2.75. The number of rotatable bonds is 10. The van der Waals surface area contributed by atoms with Crippen molar-refractivity contribution in [1.29, 1.82) is 0 Å². The predicted octanol–water partition coefficient (Wildman–Crippen LogP) is 3.05. The van der Waals surface area contributed by atoms with Gasteiger partial charge in [-0.2, -0.15) is 0 Å². The van der Waals surface area contributed by atoms with Crippen LogP contribution in [-0.2, 0) is 14.8 Å². The van der Waals surface area contributed by atoms with E-state index in [-0.39, 0.29) is 10.8 Å². The fraction of sp³-hybridized carbons (Fsp3) is 0.286. The Morgan fingerprint density at radius 3 is 2.10 bits per heavy atom. The third-order valence-corrected chi connectivity index (χ3v) is 5.57. The summed E-state index contributed by atoms with van der Waals surface area (Å²) in [6, 6.07) is 9.38. The lowest BCUT2D eigenvalue weighted by atomic mass is 10.1. The van der Waals surface area contributed by atoms with Crippen LogP contribution in [0.1, 0.15) is 18.9 Å². The smallest absolute Gasteiger partial charge is 0.248 e. The molecule has 0 aliphatic rings. The molecule has 0 unspecified atom stereocenters. The zero-order chi connectivity index (χ0) is 22.1. The molecular weight excluding hydrogens is 408 g/mol. The Balaban J connectivity index is 2.10. The first-order valence-electron chi connectivity index (χ1n) is 9.23. The monoisotopic (exact) mass is 434 g/mol. The summed E-state index contributed by atoms with van der Waals surface area (Å²) in [7, 11) is 0.996. The molecule has 0 spiro atoms. The first-order chi connectivity index (χ1) is 14.3. The number of hydrogen-bond acceptors (Lipinski definition) is 6. The molecule has 0 radical (unpaired) electrons. The first-order valence-corrected chi connectivity index (χ1v) is 10.7. The van der Waals surface area contributed by atoms with Gasteiger partial charge in [0.2, 0.25) is 21.7 Å². The molecule has 0 saturated carbocycles. The van der Waals surface area contributed by atoms with Crippen molar-refractivity contribution in [3.63, 3.8) is 0 Å². The van der Waals surface area contributed by atoms with Crippen LogP contribution in [0.5, 0.6) is 17.2 Å². The fourth-order valence-electron chi connectivity index (χ4n) is 2.59.